The number of ether oxygens (including phenoxy) is 2. The predicted octanol–water partition coefficient (Wildman–Crippen LogP) is 1.31. The Labute approximate surface area is 138 Å². The number of hydrogen-bond donors (Lipinski definition) is 1. The first-order valence-electron chi connectivity index (χ1n) is 7.37. The van der Waals surface area contributed by atoms with E-state index in [1.807, 2.05) is 30.1 Å². The van der Waals surface area contributed by atoms with Gasteiger partial charge in [-0.1, -0.05) is 0 Å². The van der Waals surface area contributed by atoms with E-state index in [2.05, 4.69) is 15.1 Å². The molecule has 0 unspecified atom stereocenters. The van der Waals surface area contributed by atoms with Crippen LogP contribution in [0.25, 0.3) is 11.0 Å². The summed E-state index contributed by atoms with van der Waals surface area (Å²) in [6.45, 7) is 0.436. The Morgan fingerprint density at radius 1 is 1.25 bits per heavy atom. The maximum Gasteiger partial charge on any atom is 0.262 e. The summed E-state index contributed by atoms with van der Waals surface area (Å²) < 4.78 is 12.2. The van der Waals surface area contributed by atoms with Crippen molar-refractivity contribution in [3.63, 3.8) is 0 Å². The van der Waals surface area contributed by atoms with Gasteiger partial charge >= 0.3 is 0 Å². The van der Waals surface area contributed by atoms with Gasteiger partial charge in [0.1, 0.15) is 11.2 Å². The molecule has 0 spiro atoms. The molecule has 3 rings (SSSR count). The van der Waals surface area contributed by atoms with Crippen molar-refractivity contribution < 1.29 is 9.47 Å². The van der Waals surface area contributed by atoms with E-state index in [0.29, 0.717) is 34.9 Å². The number of fused-ring (bicyclic) bond motifs is 1. The fraction of sp³-hybridized carbons (Fsp3) is 0.312. The van der Waals surface area contributed by atoms with Crippen LogP contribution in [0.5, 0.6) is 11.5 Å². The third-order valence-corrected chi connectivity index (χ3v) is 3.85. The fourth-order valence-corrected chi connectivity index (χ4v) is 2.53. The molecule has 0 fully saturated rings. The molecule has 0 saturated heterocycles. The van der Waals surface area contributed by atoms with E-state index in [0.717, 1.165) is 5.69 Å². The van der Waals surface area contributed by atoms with Crippen LogP contribution in [-0.2, 0) is 13.6 Å². The third-order valence-electron chi connectivity index (χ3n) is 3.85. The summed E-state index contributed by atoms with van der Waals surface area (Å²) in [7, 11) is 6.86. The second-order valence-electron chi connectivity index (χ2n) is 5.41. The van der Waals surface area contributed by atoms with E-state index in [-0.39, 0.29) is 5.56 Å². The number of anilines is 1. The lowest BCUT2D eigenvalue weighted by atomic mass is 10.2. The first-order valence-corrected chi connectivity index (χ1v) is 7.37. The maximum atomic E-state index is 12.1. The Morgan fingerprint density at radius 2 is 2.00 bits per heavy atom. The average Bonchev–Trinajstić information content (AvgIpc) is 2.96. The van der Waals surface area contributed by atoms with Crippen LogP contribution < -0.4 is 19.9 Å². The summed E-state index contributed by atoms with van der Waals surface area (Å²) in [5.41, 5.74) is 1.29. The molecule has 1 aromatic carbocycles. The Hall–Kier alpha value is -3.03. The van der Waals surface area contributed by atoms with Crippen LogP contribution in [0.15, 0.2) is 29.2 Å². The molecule has 0 saturated carbocycles. The summed E-state index contributed by atoms with van der Waals surface area (Å²) in [5.74, 6) is 1.87. The van der Waals surface area contributed by atoms with Crippen LogP contribution in [0.3, 0.4) is 0 Å². The topological polar surface area (TPSA) is 85.3 Å². The summed E-state index contributed by atoms with van der Waals surface area (Å²) in [4.78, 5) is 21.4. The van der Waals surface area contributed by atoms with E-state index in [4.69, 9.17) is 9.47 Å². The minimum absolute atomic E-state index is 0.191. The zero-order valence-electron chi connectivity index (χ0n) is 14.0. The number of nitrogens with zero attached hydrogens (tertiary/aromatic N) is 4. The molecule has 0 aliphatic rings. The normalized spacial score (nSPS) is 10.8. The van der Waals surface area contributed by atoms with Crippen molar-refractivity contribution in [2.24, 2.45) is 7.05 Å². The molecular weight excluding hydrogens is 310 g/mol. The highest BCUT2D eigenvalue weighted by Gasteiger charge is 2.12. The van der Waals surface area contributed by atoms with Gasteiger partial charge in [-0.15, -0.1) is 0 Å². The Morgan fingerprint density at radius 3 is 2.71 bits per heavy atom. The van der Waals surface area contributed by atoms with Crippen LogP contribution in [0.1, 0.15) is 5.82 Å². The zero-order valence-corrected chi connectivity index (χ0v) is 14.0. The lowest BCUT2D eigenvalue weighted by Crippen LogP contribution is -2.21. The average molecular weight is 329 g/mol. The number of nitrogens with one attached hydrogen (secondary N) is 1. The summed E-state index contributed by atoms with van der Waals surface area (Å²) >= 11 is 0. The number of hydrogen-bond acceptors (Lipinski definition) is 6. The highest BCUT2D eigenvalue weighted by Crippen LogP contribution is 2.31. The maximum absolute atomic E-state index is 12.1. The number of rotatable bonds is 5. The number of aryl methyl sites for hydroxylation is 1. The van der Waals surface area contributed by atoms with Crippen molar-refractivity contribution >= 4 is 16.7 Å². The molecule has 1 N–H and O–H groups in total. The second-order valence-corrected chi connectivity index (χ2v) is 5.41. The molecule has 0 bridgehead atoms. The van der Waals surface area contributed by atoms with Crippen molar-refractivity contribution in [2.45, 2.75) is 6.54 Å². The number of aromatic nitrogens is 4. The molecular formula is C16H19N5O3. The quantitative estimate of drug-likeness (QED) is 0.760. The minimum atomic E-state index is -0.191. The van der Waals surface area contributed by atoms with Crippen molar-refractivity contribution in [3.8, 4) is 11.5 Å². The van der Waals surface area contributed by atoms with Crippen molar-refractivity contribution in [1.29, 1.82) is 0 Å². The number of benzene rings is 1. The molecule has 0 radical (unpaired) electrons. The first kappa shape index (κ1) is 15.9. The largest absolute Gasteiger partial charge is 0.493 e. The van der Waals surface area contributed by atoms with Crippen molar-refractivity contribution in [3.05, 3.63) is 40.6 Å². The molecule has 0 atom stereocenters. The number of aromatic amines is 1. The lowest BCUT2D eigenvalue weighted by molar-refractivity contribution is 0.355. The predicted molar refractivity (Wildman–Crippen MR) is 90.8 cm³/mol. The molecule has 24 heavy (non-hydrogen) atoms. The fourth-order valence-electron chi connectivity index (χ4n) is 2.53. The van der Waals surface area contributed by atoms with E-state index < -0.39 is 0 Å². The van der Waals surface area contributed by atoms with E-state index in [1.165, 1.54) is 6.20 Å². The molecule has 3 aromatic rings. The molecule has 8 heteroatoms. The van der Waals surface area contributed by atoms with Gasteiger partial charge in [0.05, 0.1) is 27.0 Å². The molecule has 126 valence electrons. The smallest absolute Gasteiger partial charge is 0.262 e. The van der Waals surface area contributed by atoms with Crippen LogP contribution >= 0.6 is 0 Å². The Bertz CT molecular complexity index is 931. The highest BCUT2D eigenvalue weighted by atomic mass is 16.5. The van der Waals surface area contributed by atoms with Crippen LogP contribution in [0.4, 0.5) is 5.69 Å². The van der Waals surface area contributed by atoms with E-state index in [9.17, 15) is 4.79 Å². The summed E-state index contributed by atoms with van der Waals surface area (Å²) in [5, 5.41) is 4.55. The molecule has 2 heterocycles. The first-order chi connectivity index (χ1) is 11.5. The zero-order chi connectivity index (χ0) is 17.3. The van der Waals surface area contributed by atoms with Gasteiger partial charge in [-0.2, -0.15) is 5.10 Å². The molecule has 0 amide bonds. The molecule has 8 nitrogen and oxygen atoms in total. The lowest BCUT2D eigenvalue weighted by Gasteiger charge is -2.20. The van der Waals surface area contributed by atoms with Gasteiger partial charge in [-0.25, -0.2) is 4.98 Å². The van der Waals surface area contributed by atoms with Gasteiger partial charge in [0, 0.05) is 25.8 Å². The standard InChI is InChI=1S/C16H19N5O3/c1-20(10-5-6-12(23-3)13(7-10)24-4)9-14-18-15-11(16(22)19-14)8-17-21(15)2/h5-8H,9H2,1-4H3,(H,18,19,22). The van der Waals surface area contributed by atoms with E-state index >= 15 is 0 Å². The third kappa shape index (κ3) is 2.78. The van der Waals surface area contributed by atoms with Gasteiger partial charge in [0.15, 0.2) is 17.1 Å². The van der Waals surface area contributed by atoms with Gasteiger partial charge in [0.2, 0.25) is 0 Å². The van der Waals surface area contributed by atoms with Crippen LogP contribution in [0, 0.1) is 0 Å². The molecule has 0 aliphatic heterocycles. The molecule has 0 aliphatic carbocycles. The Balaban J connectivity index is 1.91. The number of H-pyrrole nitrogens is 1. The molecule has 2 aromatic heterocycles. The monoisotopic (exact) mass is 329 g/mol. The van der Waals surface area contributed by atoms with Gasteiger partial charge in [0.25, 0.3) is 5.56 Å². The van der Waals surface area contributed by atoms with Crippen LogP contribution in [-0.4, -0.2) is 41.0 Å². The Kier molecular flexibility index (Phi) is 4.11. The van der Waals surface area contributed by atoms with Gasteiger partial charge in [-0.05, 0) is 12.1 Å². The van der Waals surface area contributed by atoms with Gasteiger partial charge < -0.3 is 19.4 Å². The van der Waals surface area contributed by atoms with E-state index in [1.54, 1.807) is 25.9 Å². The van der Waals surface area contributed by atoms with Crippen molar-refractivity contribution in [1.82, 2.24) is 19.7 Å². The van der Waals surface area contributed by atoms with Crippen LogP contribution in [0.2, 0.25) is 0 Å². The number of methoxy groups -OCH3 is 2. The van der Waals surface area contributed by atoms with Gasteiger partial charge in [-0.3, -0.25) is 9.48 Å². The highest BCUT2D eigenvalue weighted by molar-refractivity contribution is 5.73. The minimum Gasteiger partial charge on any atom is -0.493 e. The summed E-state index contributed by atoms with van der Waals surface area (Å²) in [6.07, 6.45) is 1.52. The second kappa shape index (κ2) is 6.23. The van der Waals surface area contributed by atoms with Crippen molar-refractivity contribution in [2.75, 3.05) is 26.2 Å². The SMILES string of the molecule is COc1ccc(N(C)Cc2nc3c(cnn3C)c(=O)[nH]2)cc1OC. The summed E-state index contributed by atoms with van der Waals surface area (Å²) in [6, 6.07) is 5.63.